The number of ether oxygens (including phenoxy) is 2. The van der Waals surface area contributed by atoms with Crippen LogP contribution in [0.15, 0.2) is 24.4 Å². The summed E-state index contributed by atoms with van der Waals surface area (Å²) in [5, 5.41) is 4.80. The molecule has 4 bridgehead atoms. The number of nitrogens with zero attached hydrogens (tertiary/aromatic N) is 3. The molecule has 8 nitrogen and oxygen atoms in total. The molecule has 44 heavy (non-hydrogen) atoms. The molecule has 5 rings (SSSR count). The largest absolute Gasteiger partial charge is 0.466 e. The number of aromatic amines is 1. The molecule has 2 aromatic heterocycles. The van der Waals surface area contributed by atoms with Crippen LogP contribution < -0.4 is 4.74 Å². The maximum absolute atomic E-state index is 15.8. The van der Waals surface area contributed by atoms with Gasteiger partial charge in [-0.15, -0.1) is 0 Å². The van der Waals surface area contributed by atoms with Gasteiger partial charge in [0.25, 0.3) is 0 Å². The van der Waals surface area contributed by atoms with Gasteiger partial charge in [0.2, 0.25) is 5.82 Å². The molecule has 236 valence electrons. The number of carbonyl (C=O) groups is 1. The van der Waals surface area contributed by atoms with Crippen LogP contribution in [-0.2, 0) is 40.2 Å². The van der Waals surface area contributed by atoms with Gasteiger partial charge in [0.05, 0.1) is 24.1 Å². The maximum Gasteiger partial charge on any atom is 0.310 e. The van der Waals surface area contributed by atoms with Crippen molar-refractivity contribution >= 4 is 27.7 Å². The average Bonchev–Trinajstić information content (AvgIpc) is 3.55. The summed E-state index contributed by atoms with van der Waals surface area (Å²) in [5.74, 6) is -2.49. The Balaban J connectivity index is 1.68. The lowest BCUT2D eigenvalue weighted by atomic mass is 9.88. The van der Waals surface area contributed by atoms with E-state index in [2.05, 4.69) is 28.9 Å². The first kappa shape index (κ1) is 31.7. The quantitative estimate of drug-likeness (QED) is 0.248. The molecule has 4 aromatic rings. The molecule has 0 radical (unpaired) electrons. The SMILES string of the molecule is CCOC(=O)Cc1c[nH]c2c(F)c(F)c3c(c12)CCS(=O)CC(C)(C)CCCC(C)c1nc(n(C)n1)-c1cc(ccc1F)O3. The Morgan fingerprint density at radius 2 is 2.02 bits per heavy atom. The second-order valence-corrected chi connectivity index (χ2v) is 13.7. The summed E-state index contributed by atoms with van der Waals surface area (Å²) >= 11 is 0. The van der Waals surface area contributed by atoms with Crippen LogP contribution in [0.4, 0.5) is 13.2 Å². The minimum Gasteiger partial charge on any atom is -0.466 e. The number of esters is 1. The van der Waals surface area contributed by atoms with Gasteiger partial charge in [0.15, 0.2) is 23.2 Å². The number of halogens is 3. The van der Waals surface area contributed by atoms with Gasteiger partial charge in [-0.25, -0.2) is 18.4 Å². The third-order valence-electron chi connectivity index (χ3n) is 8.03. The van der Waals surface area contributed by atoms with Crippen LogP contribution in [0.25, 0.3) is 22.3 Å². The Hall–Kier alpha value is -3.67. The van der Waals surface area contributed by atoms with E-state index in [-0.39, 0.29) is 70.1 Å². The van der Waals surface area contributed by atoms with Crippen LogP contribution in [-0.4, -0.2) is 48.0 Å². The minimum absolute atomic E-state index is 0.00846. The number of aromatic nitrogens is 4. The zero-order valence-electron chi connectivity index (χ0n) is 25.6. The molecule has 0 saturated carbocycles. The van der Waals surface area contributed by atoms with E-state index in [4.69, 9.17) is 9.47 Å². The van der Waals surface area contributed by atoms with Gasteiger partial charge in [-0.2, -0.15) is 9.49 Å². The highest BCUT2D eigenvalue weighted by Gasteiger charge is 2.28. The molecule has 1 aliphatic heterocycles. The van der Waals surface area contributed by atoms with Crippen LogP contribution in [0, 0.1) is 22.9 Å². The lowest BCUT2D eigenvalue weighted by Gasteiger charge is -2.25. The van der Waals surface area contributed by atoms with E-state index in [1.165, 1.54) is 29.1 Å². The van der Waals surface area contributed by atoms with E-state index in [1.807, 2.05) is 6.92 Å². The van der Waals surface area contributed by atoms with Gasteiger partial charge in [-0.3, -0.25) is 9.00 Å². The fourth-order valence-electron chi connectivity index (χ4n) is 5.81. The molecular weight excluding hydrogens is 593 g/mol. The molecule has 0 saturated heterocycles. The molecule has 2 aromatic carbocycles. The maximum atomic E-state index is 15.8. The first-order valence-corrected chi connectivity index (χ1v) is 16.3. The minimum atomic E-state index is -1.30. The molecular formula is C32H37F3N4O4S. The number of hydrogen-bond acceptors (Lipinski definition) is 6. The van der Waals surface area contributed by atoms with Crippen LogP contribution in [0.3, 0.4) is 0 Å². The number of carbonyl (C=O) groups excluding carboxylic acids is 1. The molecule has 12 heteroatoms. The van der Waals surface area contributed by atoms with E-state index in [1.54, 1.807) is 14.0 Å². The lowest BCUT2D eigenvalue weighted by molar-refractivity contribution is -0.142. The number of rotatable bonds is 3. The van der Waals surface area contributed by atoms with Crippen molar-refractivity contribution < 1.29 is 31.6 Å². The number of H-pyrrole nitrogens is 1. The Kier molecular flexibility index (Phi) is 9.20. The first-order valence-electron chi connectivity index (χ1n) is 14.8. The van der Waals surface area contributed by atoms with E-state index < -0.39 is 40.0 Å². The van der Waals surface area contributed by atoms with Crippen molar-refractivity contribution in [1.29, 1.82) is 0 Å². The van der Waals surface area contributed by atoms with Gasteiger partial charge >= 0.3 is 5.97 Å². The summed E-state index contributed by atoms with van der Waals surface area (Å²) in [5.41, 5.74) is 0.370. The van der Waals surface area contributed by atoms with Gasteiger partial charge in [0.1, 0.15) is 11.6 Å². The predicted octanol–water partition coefficient (Wildman–Crippen LogP) is 6.88. The highest BCUT2D eigenvalue weighted by molar-refractivity contribution is 7.85. The van der Waals surface area contributed by atoms with Crippen molar-refractivity contribution in [2.24, 2.45) is 12.5 Å². The third kappa shape index (κ3) is 6.55. The number of aryl methyl sites for hydroxylation is 2. The molecule has 1 N–H and O–H groups in total. The van der Waals surface area contributed by atoms with Gasteiger partial charge in [-0.1, -0.05) is 27.2 Å². The van der Waals surface area contributed by atoms with E-state index >= 15 is 13.2 Å². The zero-order chi connectivity index (χ0) is 31.8. The summed E-state index contributed by atoms with van der Waals surface area (Å²) in [4.78, 5) is 19.8. The van der Waals surface area contributed by atoms with Crippen LogP contribution in [0.5, 0.6) is 11.5 Å². The van der Waals surface area contributed by atoms with Crippen molar-refractivity contribution in [1.82, 2.24) is 19.7 Å². The molecule has 0 amide bonds. The molecule has 0 spiro atoms. The van der Waals surface area contributed by atoms with Crippen LogP contribution >= 0.6 is 0 Å². The molecule has 2 atom stereocenters. The van der Waals surface area contributed by atoms with E-state index in [0.717, 1.165) is 19.3 Å². The summed E-state index contributed by atoms with van der Waals surface area (Å²) in [7, 11) is 0.370. The smallest absolute Gasteiger partial charge is 0.310 e. The summed E-state index contributed by atoms with van der Waals surface area (Å²) in [6, 6.07) is 3.87. The molecule has 0 fully saturated rings. The lowest BCUT2D eigenvalue weighted by Crippen LogP contribution is -2.23. The van der Waals surface area contributed by atoms with E-state index in [9.17, 15) is 9.00 Å². The van der Waals surface area contributed by atoms with Crippen molar-refractivity contribution in [2.45, 2.75) is 65.7 Å². The Morgan fingerprint density at radius 1 is 1.25 bits per heavy atom. The molecule has 2 unspecified atom stereocenters. The molecule has 3 heterocycles. The predicted molar refractivity (Wildman–Crippen MR) is 163 cm³/mol. The van der Waals surface area contributed by atoms with Crippen molar-refractivity contribution in [3.63, 3.8) is 0 Å². The zero-order valence-corrected chi connectivity index (χ0v) is 26.4. The second kappa shape index (κ2) is 12.7. The number of nitrogens with one attached hydrogen (secondary N) is 1. The van der Waals surface area contributed by atoms with Crippen molar-refractivity contribution in [2.75, 3.05) is 18.1 Å². The number of benzene rings is 2. The normalized spacial score (nSPS) is 19.1. The third-order valence-corrected chi connectivity index (χ3v) is 9.79. The summed E-state index contributed by atoms with van der Waals surface area (Å²) in [6.07, 6.45) is 3.80. The van der Waals surface area contributed by atoms with Crippen LogP contribution in [0.2, 0.25) is 0 Å². The monoisotopic (exact) mass is 630 g/mol. The Morgan fingerprint density at radius 3 is 2.77 bits per heavy atom. The van der Waals surface area contributed by atoms with E-state index in [0.29, 0.717) is 17.1 Å². The van der Waals surface area contributed by atoms with Crippen molar-refractivity contribution in [3.05, 3.63) is 58.8 Å². The van der Waals surface area contributed by atoms with Crippen LogP contribution in [0.1, 0.15) is 69.8 Å². The topological polar surface area (TPSA) is 99.1 Å². The summed E-state index contributed by atoms with van der Waals surface area (Å²) in [6.45, 7) is 7.99. The average molecular weight is 631 g/mol. The van der Waals surface area contributed by atoms with Crippen molar-refractivity contribution in [3.8, 4) is 22.9 Å². The Labute approximate surface area is 256 Å². The molecule has 0 aliphatic carbocycles. The fraction of sp³-hybridized carbons (Fsp3) is 0.469. The second-order valence-electron chi connectivity index (χ2n) is 12.1. The summed E-state index contributed by atoms with van der Waals surface area (Å²) < 4.78 is 72.5. The fourth-order valence-corrected chi connectivity index (χ4v) is 7.40. The number of fused-ring (bicyclic) bond motifs is 8. The number of hydrogen-bond donors (Lipinski definition) is 1. The Bertz CT molecular complexity index is 1730. The van der Waals surface area contributed by atoms with Gasteiger partial charge in [-0.05, 0) is 55.4 Å². The van der Waals surface area contributed by atoms with Gasteiger partial charge in [0, 0.05) is 52.4 Å². The van der Waals surface area contributed by atoms with Gasteiger partial charge < -0.3 is 14.5 Å². The first-order chi connectivity index (χ1) is 20.9. The molecule has 1 aliphatic rings. The highest BCUT2D eigenvalue weighted by atomic mass is 32.2. The highest BCUT2D eigenvalue weighted by Crippen LogP contribution is 2.40. The standard InChI is InChI=1S/C32H37F3N4O4S/c1-6-42-24(40)14-19-16-36-28-25(19)21-11-13-44(41)17-32(3,4)12-7-8-18(2)30-37-31(39(5)38-30)22-15-20(9-10-23(22)33)43-29(21)27(35)26(28)34/h9-10,15-16,18,36H,6-8,11-14,17H2,1-5H3.